The van der Waals surface area contributed by atoms with Gasteiger partial charge in [0, 0.05) is 17.9 Å². The van der Waals surface area contributed by atoms with Crippen LogP contribution < -0.4 is 14.8 Å². The number of ether oxygens (including phenoxy) is 2. The molecule has 4 heteroatoms. The van der Waals surface area contributed by atoms with Crippen molar-refractivity contribution >= 4 is 5.91 Å². The van der Waals surface area contributed by atoms with Crippen LogP contribution in [0.1, 0.15) is 32.3 Å². The monoisotopic (exact) mass is 275 g/mol. The number of amides is 1. The molecule has 1 fully saturated rings. The molecule has 0 bridgehead atoms. The summed E-state index contributed by atoms with van der Waals surface area (Å²) in [6.45, 7) is 6.10. The fourth-order valence-electron chi connectivity index (χ4n) is 2.36. The van der Waals surface area contributed by atoms with Crippen molar-refractivity contribution in [1.29, 1.82) is 0 Å². The molecule has 1 heterocycles. The van der Waals surface area contributed by atoms with Gasteiger partial charge < -0.3 is 14.8 Å². The molecule has 0 radical (unpaired) electrons. The van der Waals surface area contributed by atoms with E-state index in [2.05, 4.69) is 25.2 Å². The SMILES string of the molecule is CC(C)(CNC(=O)C1CC1)c1ccc2c(c1)OCCO2. The van der Waals surface area contributed by atoms with Crippen molar-refractivity contribution in [1.82, 2.24) is 5.32 Å². The second kappa shape index (κ2) is 5.00. The molecule has 2 aliphatic rings. The predicted octanol–water partition coefficient (Wildman–Crippen LogP) is 2.26. The van der Waals surface area contributed by atoms with E-state index in [4.69, 9.17) is 9.47 Å². The van der Waals surface area contributed by atoms with Gasteiger partial charge in [0.25, 0.3) is 0 Å². The van der Waals surface area contributed by atoms with Crippen molar-refractivity contribution in [3.8, 4) is 11.5 Å². The molecule has 0 unspecified atom stereocenters. The third kappa shape index (κ3) is 2.74. The Morgan fingerprint density at radius 3 is 2.65 bits per heavy atom. The summed E-state index contributed by atoms with van der Waals surface area (Å²) in [5.74, 6) is 2.05. The smallest absolute Gasteiger partial charge is 0.223 e. The van der Waals surface area contributed by atoms with Crippen molar-refractivity contribution in [2.24, 2.45) is 5.92 Å². The Bertz CT molecular complexity index is 520. The number of carbonyl (C=O) groups is 1. The lowest BCUT2D eigenvalue weighted by Crippen LogP contribution is -2.37. The molecule has 108 valence electrons. The van der Waals surface area contributed by atoms with Crippen molar-refractivity contribution in [3.63, 3.8) is 0 Å². The summed E-state index contributed by atoms with van der Waals surface area (Å²) in [4.78, 5) is 11.8. The predicted molar refractivity (Wildman–Crippen MR) is 76.2 cm³/mol. The van der Waals surface area contributed by atoms with Crippen molar-refractivity contribution in [2.45, 2.75) is 32.1 Å². The lowest BCUT2D eigenvalue weighted by molar-refractivity contribution is -0.122. The van der Waals surface area contributed by atoms with E-state index in [0.29, 0.717) is 19.8 Å². The summed E-state index contributed by atoms with van der Waals surface area (Å²) in [5.41, 5.74) is 1.03. The molecule has 0 spiro atoms. The van der Waals surface area contributed by atoms with E-state index >= 15 is 0 Å². The zero-order valence-electron chi connectivity index (χ0n) is 12.1. The Morgan fingerprint density at radius 2 is 1.95 bits per heavy atom. The van der Waals surface area contributed by atoms with Gasteiger partial charge in [0.1, 0.15) is 13.2 Å². The summed E-state index contributed by atoms with van der Waals surface area (Å²) in [7, 11) is 0. The zero-order chi connectivity index (χ0) is 14.2. The molecule has 1 N–H and O–H groups in total. The maximum atomic E-state index is 11.8. The molecular formula is C16H21NO3. The largest absolute Gasteiger partial charge is 0.486 e. The molecule has 0 saturated heterocycles. The van der Waals surface area contributed by atoms with Crippen molar-refractivity contribution in [2.75, 3.05) is 19.8 Å². The first-order valence-electron chi connectivity index (χ1n) is 7.24. The number of carbonyl (C=O) groups excluding carboxylic acids is 1. The van der Waals surface area contributed by atoms with Crippen LogP contribution in [0.5, 0.6) is 11.5 Å². The van der Waals surface area contributed by atoms with Gasteiger partial charge in [-0.15, -0.1) is 0 Å². The number of hydrogen-bond donors (Lipinski definition) is 1. The van der Waals surface area contributed by atoms with E-state index in [-0.39, 0.29) is 17.2 Å². The van der Waals surface area contributed by atoms with Crippen LogP contribution in [0.2, 0.25) is 0 Å². The highest BCUT2D eigenvalue weighted by atomic mass is 16.6. The maximum absolute atomic E-state index is 11.8. The second-order valence-corrected chi connectivity index (χ2v) is 6.23. The van der Waals surface area contributed by atoms with Gasteiger partial charge in [0.05, 0.1) is 0 Å². The fraction of sp³-hybridized carbons (Fsp3) is 0.562. The Balaban J connectivity index is 1.70. The van der Waals surface area contributed by atoms with Crippen LogP contribution in [0, 0.1) is 5.92 Å². The van der Waals surface area contributed by atoms with Gasteiger partial charge >= 0.3 is 0 Å². The molecule has 0 aromatic heterocycles. The molecular weight excluding hydrogens is 254 g/mol. The number of fused-ring (bicyclic) bond motifs is 1. The van der Waals surface area contributed by atoms with E-state index < -0.39 is 0 Å². The van der Waals surface area contributed by atoms with Gasteiger partial charge in [-0.05, 0) is 30.5 Å². The Morgan fingerprint density at radius 1 is 1.25 bits per heavy atom. The van der Waals surface area contributed by atoms with E-state index in [9.17, 15) is 4.79 Å². The molecule has 3 rings (SSSR count). The first kappa shape index (κ1) is 13.3. The van der Waals surface area contributed by atoms with E-state index in [0.717, 1.165) is 29.9 Å². The van der Waals surface area contributed by atoms with Crippen LogP contribution >= 0.6 is 0 Å². The average molecular weight is 275 g/mol. The van der Waals surface area contributed by atoms with Crippen LogP contribution in [0.25, 0.3) is 0 Å². The van der Waals surface area contributed by atoms with E-state index in [1.165, 1.54) is 0 Å². The minimum atomic E-state index is -0.125. The summed E-state index contributed by atoms with van der Waals surface area (Å²) >= 11 is 0. The third-order valence-corrected chi connectivity index (χ3v) is 3.98. The molecule has 1 aliphatic heterocycles. The molecule has 1 saturated carbocycles. The van der Waals surface area contributed by atoms with E-state index in [1.54, 1.807) is 0 Å². The second-order valence-electron chi connectivity index (χ2n) is 6.23. The molecule has 20 heavy (non-hydrogen) atoms. The number of benzene rings is 1. The highest BCUT2D eigenvalue weighted by molar-refractivity contribution is 5.80. The lowest BCUT2D eigenvalue weighted by Gasteiger charge is -2.27. The Kier molecular flexibility index (Phi) is 3.32. The standard InChI is InChI=1S/C16H21NO3/c1-16(2,10-17-15(18)11-3-4-11)12-5-6-13-14(9-12)20-8-7-19-13/h5-6,9,11H,3-4,7-8,10H2,1-2H3,(H,17,18). The Hall–Kier alpha value is -1.71. The molecule has 1 amide bonds. The molecule has 1 aromatic carbocycles. The maximum Gasteiger partial charge on any atom is 0.223 e. The topological polar surface area (TPSA) is 47.6 Å². The average Bonchev–Trinajstić information content (AvgIpc) is 3.29. The summed E-state index contributed by atoms with van der Waals surface area (Å²) < 4.78 is 11.2. The van der Waals surface area contributed by atoms with E-state index in [1.807, 2.05) is 12.1 Å². The quantitative estimate of drug-likeness (QED) is 0.917. The van der Waals surface area contributed by atoms with Crippen LogP contribution in [-0.4, -0.2) is 25.7 Å². The van der Waals surface area contributed by atoms with Crippen LogP contribution in [0.15, 0.2) is 18.2 Å². The molecule has 1 aromatic rings. The number of hydrogen-bond acceptors (Lipinski definition) is 3. The van der Waals surface area contributed by atoms with Gasteiger partial charge in [0.15, 0.2) is 11.5 Å². The molecule has 1 aliphatic carbocycles. The minimum absolute atomic E-state index is 0.125. The summed E-state index contributed by atoms with van der Waals surface area (Å²) in [6.07, 6.45) is 2.08. The number of nitrogens with one attached hydrogen (secondary N) is 1. The molecule has 4 nitrogen and oxygen atoms in total. The minimum Gasteiger partial charge on any atom is -0.486 e. The fourth-order valence-corrected chi connectivity index (χ4v) is 2.36. The third-order valence-electron chi connectivity index (χ3n) is 3.98. The van der Waals surface area contributed by atoms with Crippen molar-refractivity contribution < 1.29 is 14.3 Å². The van der Waals surface area contributed by atoms with Crippen molar-refractivity contribution in [3.05, 3.63) is 23.8 Å². The first-order chi connectivity index (χ1) is 9.56. The van der Waals surface area contributed by atoms with Gasteiger partial charge in [-0.1, -0.05) is 19.9 Å². The van der Waals surface area contributed by atoms with Gasteiger partial charge in [0.2, 0.25) is 5.91 Å². The van der Waals surface area contributed by atoms with Crippen LogP contribution in [0.4, 0.5) is 0 Å². The Labute approximate surface area is 119 Å². The van der Waals surface area contributed by atoms with Crippen LogP contribution in [-0.2, 0) is 10.2 Å². The zero-order valence-corrected chi connectivity index (χ0v) is 12.1. The van der Waals surface area contributed by atoms with Crippen LogP contribution in [0.3, 0.4) is 0 Å². The lowest BCUT2D eigenvalue weighted by atomic mass is 9.84. The number of rotatable bonds is 4. The highest BCUT2D eigenvalue weighted by Gasteiger charge is 2.31. The van der Waals surface area contributed by atoms with Gasteiger partial charge in [-0.25, -0.2) is 0 Å². The molecule has 0 atom stereocenters. The summed E-state index contributed by atoms with van der Waals surface area (Å²) in [6, 6.07) is 6.03. The summed E-state index contributed by atoms with van der Waals surface area (Å²) in [5, 5.41) is 3.05. The normalized spacial score (nSPS) is 17.7. The highest BCUT2D eigenvalue weighted by Crippen LogP contribution is 2.35. The van der Waals surface area contributed by atoms with Gasteiger partial charge in [-0.3, -0.25) is 4.79 Å². The first-order valence-corrected chi connectivity index (χ1v) is 7.24. The van der Waals surface area contributed by atoms with Gasteiger partial charge in [-0.2, -0.15) is 0 Å².